The van der Waals surface area contributed by atoms with Crippen LogP contribution in [0.5, 0.6) is 0 Å². The third-order valence-corrected chi connectivity index (χ3v) is 0. The van der Waals surface area contributed by atoms with Crippen LogP contribution in [0.2, 0.25) is 0 Å². The molecule has 22 valence electrons. The van der Waals surface area contributed by atoms with Gasteiger partial charge >= 0.3 is 69.4 Å². The zero-order chi connectivity index (χ0) is 2.00. The van der Waals surface area contributed by atoms with Crippen molar-refractivity contribution in [2.45, 2.75) is 0 Å². The third-order valence-electron chi connectivity index (χ3n) is 0. The van der Waals surface area contributed by atoms with Gasteiger partial charge in [-0.15, -0.1) is 0 Å². The van der Waals surface area contributed by atoms with Gasteiger partial charge in [0.05, 0.1) is 0 Å². The summed E-state index contributed by atoms with van der Waals surface area (Å²) in [6.07, 6.45) is 0. The molecule has 0 aliphatic heterocycles. The fourth-order valence-corrected chi connectivity index (χ4v) is 0. The molecule has 0 radical (unpaired) electrons. The Bertz CT molecular complexity index is 8.00. The van der Waals surface area contributed by atoms with Crippen molar-refractivity contribution in [3.05, 3.63) is 0 Å². The summed E-state index contributed by atoms with van der Waals surface area (Å²) in [6.45, 7) is 0. The van der Waals surface area contributed by atoms with Crippen molar-refractivity contribution in [1.29, 1.82) is 0 Å². The molecule has 0 aliphatic rings. The Morgan fingerprint density at radius 1 is 1.25 bits per heavy atom. The standard InChI is InChI=1S/Ga.In.O.Ti.6H. The Kier molecular flexibility index (Phi) is 82.7. The Balaban J connectivity index is -0.00000000500. The van der Waals surface area contributed by atoms with E-state index in [1.807, 2.05) is 0 Å². The quantitative estimate of drug-likeness (QED) is 0.437. The molecule has 4 heavy (non-hydrogen) atoms. The molecule has 0 spiro atoms. The Morgan fingerprint density at radius 2 is 1.25 bits per heavy atom. The first kappa shape index (κ1) is 16.6. The van der Waals surface area contributed by atoms with Gasteiger partial charge in [-0.2, -0.15) is 0 Å². The van der Waals surface area contributed by atoms with Crippen molar-refractivity contribution in [2.75, 3.05) is 0 Å². The predicted octanol–water partition coefficient (Wildman–Crippen LogP) is -2.49. The van der Waals surface area contributed by atoms with Crippen molar-refractivity contribution in [2.24, 2.45) is 0 Å². The summed E-state index contributed by atoms with van der Waals surface area (Å²) in [6, 6.07) is 0. The first-order valence-corrected chi connectivity index (χ1v) is 0.842. The van der Waals surface area contributed by atoms with Gasteiger partial charge in [0.15, 0.2) is 0 Å². The van der Waals surface area contributed by atoms with Crippen LogP contribution in [0.1, 0.15) is 0 Å². The molecule has 0 fully saturated rings. The summed E-state index contributed by atoms with van der Waals surface area (Å²) in [5, 5.41) is 0. The van der Waals surface area contributed by atoms with Crippen molar-refractivity contribution in [3.63, 3.8) is 0 Å². The van der Waals surface area contributed by atoms with Crippen LogP contribution < -0.4 is 0 Å². The molecule has 0 rings (SSSR count). The topological polar surface area (TPSA) is 17.1 Å². The van der Waals surface area contributed by atoms with Gasteiger partial charge in [0.1, 0.15) is 0 Å². The van der Waals surface area contributed by atoms with Crippen molar-refractivity contribution >= 4 is 45.6 Å². The van der Waals surface area contributed by atoms with E-state index in [1.165, 1.54) is 0 Å². The Hall–Kier alpha value is 2.02. The maximum absolute atomic E-state index is 8.25. The van der Waals surface area contributed by atoms with Crippen LogP contribution in [0.25, 0.3) is 0 Å². The number of hydrogen-bond donors (Lipinski definition) is 0. The number of hydrogen-bond acceptors (Lipinski definition) is 1. The molecule has 0 aromatic heterocycles. The zero-order valence-corrected chi connectivity index (χ0v) is 2.47. The maximum atomic E-state index is 8.25. The minimum absolute atomic E-state index is 0. The second-order valence-corrected chi connectivity index (χ2v) is 0. The van der Waals surface area contributed by atoms with Gasteiger partial charge in [-0.25, -0.2) is 0 Å². The molecule has 0 aliphatic carbocycles. The molecule has 0 aromatic carbocycles. The van der Waals surface area contributed by atoms with E-state index in [0.717, 1.165) is 20.4 Å². The first-order valence-electron chi connectivity index (χ1n) is 0.204. The molecule has 0 bridgehead atoms. The van der Waals surface area contributed by atoms with E-state index in [4.69, 9.17) is 3.32 Å². The molecule has 0 saturated heterocycles. The van der Waals surface area contributed by atoms with Gasteiger partial charge in [-0.1, -0.05) is 0 Å². The van der Waals surface area contributed by atoms with Gasteiger partial charge in [0.2, 0.25) is 0 Å². The normalized spacial score (nSPS) is 0.750. The fraction of sp³-hybridized carbons (Fsp3) is 0. The molecule has 0 amide bonds. The summed E-state index contributed by atoms with van der Waals surface area (Å²) in [5.41, 5.74) is 0. The second kappa shape index (κ2) is 19.9. The Morgan fingerprint density at radius 3 is 1.25 bits per heavy atom. The average Bonchev–Trinajstić information content (AvgIpc) is 1.00. The molecule has 0 heterocycles. The second-order valence-electron chi connectivity index (χ2n) is 0. The van der Waals surface area contributed by atoms with Crippen LogP contribution in [0.4, 0.5) is 0 Å². The monoisotopic (exact) mass is 254 g/mol. The van der Waals surface area contributed by atoms with Crippen LogP contribution in [0.15, 0.2) is 0 Å². The van der Waals surface area contributed by atoms with Crippen LogP contribution in [-0.4, -0.2) is 45.6 Å². The average molecular weight is 254 g/mol. The Labute approximate surface area is 68.5 Å². The third kappa shape index (κ3) is 8.98. The minimum atomic E-state index is 0. The van der Waals surface area contributed by atoms with Crippen LogP contribution >= 0.6 is 0 Å². The van der Waals surface area contributed by atoms with Crippen molar-refractivity contribution in [3.8, 4) is 0 Å². The molecule has 0 unspecified atom stereocenters. The van der Waals surface area contributed by atoms with E-state index < -0.39 is 0 Å². The van der Waals surface area contributed by atoms with Gasteiger partial charge in [-0.3, -0.25) is 0 Å². The van der Waals surface area contributed by atoms with E-state index in [2.05, 4.69) is 0 Å². The zero-order valence-electron chi connectivity index (χ0n) is 0.908. The molecule has 0 aromatic rings. The van der Waals surface area contributed by atoms with Crippen molar-refractivity contribution < 1.29 is 23.7 Å². The van der Waals surface area contributed by atoms with Crippen LogP contribution in [-0.2, 0) is 23.7 Å². The summed E-state index contributed by atoms with van der Waals surface area (Å²) >= 11 is 0.750. The van der Waals surface area contributed by atoms with E-state index in [1.54, 1.807) is 0 Å². The first-order chi connectivity index (χ1) is 1.00. The van der Waals surface area contributed by atoms with Gasteiger partial charge in [0.25, 0.3) is 0 Å². The van der Waals surface area contributed by atoms with Gasteiger partial charge < -0.3 is 0 Å². The molecule has 4 heteroatoms. The van der Waals surface area contributed by atoms with E-state index in [0.29, 0.717) is 0 Å². The summed E-state index contributed by atoms with van der Waals surface area (Å²) in [7, 11) is 0. The van der Waals surface area contributed by atoms with Gasteiger partial charge in [0, 0.05) is 0 Å². The van der Waals surface area contributed by atoms with E-state index >= 15 is 0 Å². The van der Waals surface area contributed by atoms with Crippen LogP contribution in [0.3, 0.4) is 0 Å². The van der Waals surface area contributed by atoms with Crippen LogP contribution in [0, 0.1) is 0 Å². The molecule has 0 saturated carbocycles. The SMILES string of the molecule is [GaH3].[InH3].[O]=[Ti]. The molecule has 0 atom stereocenters. The van der Waals surface area contributed by atoms with Gasteiger partial charge in [-0.05, 0) is 0 Å². The predicted molar refractivity (Wildman–Crippen MR) is 20.6 cm³/mol. The number of rotatable bonds is 0. The molecular formula is H6GaInOTi. The van der Waals surface area contributed by atoms with E-state index in [-0.39, 0.29) is 45.6 Å². The summed E-state index contributed by atoms with van der Waals surface area (Å²) in [4.78, 5) is 0. The molecule has 1 nitrogen and oxygen atoms in total. The summed E-state index contributed by atoms with van der Waals surface area (Å²) in [5.74, 6) is 0. The van der Waals surface area contributed by atoms with Crippen molar-refractivity contribution in [1.82, 2.24) is 0 Å². The molecular weight excluding hydrogens is 248 g/mol. The fourth-order valence-electron chi connectivity index (χ4n) is 0. The molecule has 0 N–H and O–H groups in total. The van der Waals surface area contributed by atoms with E-state index in [9.17, 15) is 0 Å². The summed E-state index contributed by atoms with van der Waals surface area (Å²) < 4.78 is 8.25.